The fourth-order valence-electron chi connectivity index (χ4n) is 1.77. The summed E-state index contributed by atoms with van der Waals surface area (Å²) in [7, 11) is 0. The predicted molar refractivity (Wildman–Crippen MR) is 75.9 cm³/mol. The molecule has 0 heterocycles. The van der Waals surface area contributed by atoms with E-state index in [0.717, 1.165) is 5.56 Å². The molecular weight excluding hydrogens is 294 g/mol. The van der Waals surface area contributed by atoms with Crippen molar-refractivity contribution in [2.24, 2.45) is 0 Å². The van der Waals surface area contributed by atoms with Gasteiger partial charge in [0.1, 0.15) is 24.1 Å². The highest BCUT2D eigenvalue weighted by Gasteiger charge is 2.33. The summed E-state index contributed by atoms with van der Waals surface area (Å²) in [5.41, 5.74) is 0.851. The molecule has 0 aliphatic heterocycles. The van der Waals surface area contributed by atoms with Gasteiger partial charge in [-0.1, -0.05) is 12.1 Å². The van der Waals surface area contributed by atoms with Crippen molar-refractivity contribution in [1.82, 2.24) is 5.32 Å². The number of carbonyl (C=O) groups is 1. The molecule has 0 aliphatic rings. The summed E-state index contributed by atoms with van der Waals surface area (Å²) < 4.78 is 0. The second-order valence-electron chi connectivity index (χ2n) is 4.88. The largest absolute Gasteiger partial charge is 0.508 e. The highest BCUT2D eigenvalue weighted by atomic mass is 16.4. The molecule has 22 heavy (non-hydrogen) atoms. The lowest BCUT2D eigenvalue weighted by Gasteiger charge is -2.24. The molecule has 4 unspecified atom stereocenters. The molecular formula is C14H21NO7. The summed E-state index contributed by atoms with van der Waals surface area (Å²) in [5, 5.41) is 57.8. The summed E-state index contributed by atoms with van der Waals surface area (Å²) >= 11 is 0. The third-order valence-corrected chi connectivity index (χ3v) is 3.17. The Hall–Kier alpha value is -1.71. The van der Waals surface area contributed by atoms with Crippen molar-refractivity contribution in [3.63, 3.8) is 0 Å². The van der Waals surface area contributed by atoms with Gasteiger partial charge in [0, 0.05) is 6.54 Å². The Morgan fingerprint density at radius 1 is 1.05 bits per heavy atom. The first kappa shape index (κ1) is 18.3. The van der Waals surface area contributed by atoms with Gasteiger partial charge in [0.25, 0.3) is 5.91 Å². The number of nitrogens with one attached hydrogen (secondary N) is 1. The molecule has 1 amide bonds. The van der Waals surface area contributed by atoms with Gasteiger partial charge in [-0.25, -0.2) is 0 Å². The molecule has 8 nitrogen and oxygen atoms in total. The van der Waals surface area contributed by atoms with Crippen molar-refractivity contribution in [2.45, 2.75) is 30.8 Å². The molecule has 1 aromatic carbocycles. The number of amides is 1. The van der Waals surface area contributed by atoms with E-state index >= 15 is 0 Å². The molecule has 0 radical (unpaired) electrons. The Morgan fingerprint density at radius 3 is 2.18 bits per heavy atom. The quantitative estimate of drug-likeness (QED) is 0.280. The zero-order valence-electron chi connectivity index (χ0n) is 11.8. The van der Waals surface area contributed by atoms with E-state index in [9.17, 15) is 20.1 Å². The summed E-state index contributed by atoms with van der Waals surface area (Å²) in [4.78, 5) is 11.6. The van der Waals surface area contributed by atoms with Gasteiger partial charge in [0.15, 0.2) is 6.10 Å². The SMILES string of the molecule is O=C(NCCc1ccc(O)cc1)C(O)C(O)C(O)C(O)CO. The first-order valence-electron chi connectivity index (χ1n) is 6.75. The first-order chi connectivity index (χ1) is 10.4. The molecule has 7 N–H and O–H groups in total. The minimum atomic E-state index is -1.93. The zero-order chi connectivity index (χ0) is 16.7. The lowest BCUT2D eigenvalue weighted by atomic mass is 10.0. The summed E-state index contributed by atoms with van der Waals surface area (Å²) in [6, 6.07) is 6.35. The van der Waals surface area contributed by atoms with Crippen LogP contribution in [0.15, 0.2) is 24.3 Å². The van der Waals surface area contributed by atoms with Crippen molar-refractivity contribution >= 4 is 5.91 Å². The lowest BCUT2D eigenvalue weighted by Crippen LogP contribution is -2.51. The predicted octanol–water partition coefficient (Wildman–Crippen LogP) is -2.51. The second-order valence-corrected chi connectivity index (χ2v) is 4.88. The van der Waals surface area contributed by atoms with Crippen LogP contribution in [0.3, 0.4) is 0 Å². The number of aromatic hydroxyl groups is 1. The van der Waals surface area contributed by atoms with Crippen LogP contribution in [-0.4, -0.2) is 74.1 Å². The van der Waals surface area contributed by atoms with E-state index in [1.54, 1.807) is 12.1 Å². The molecule has 8 heteroatoms. The average Bonchev–Trinajstić information content (AvgIpc) is 2.53. The van der Waals surface area contributed by atoms with Gasteiger partial charge >= 0.3 is 0 Å². The van der Waals surface area contributed by atoms with Crippen molar-refractivity contribution in [3.8, 4) is 5.75 Å². The fraction of sp³-hybridized carbons (Fsp3) is 0.500. The standard InChI is InChI=1S/C14H21NO7/c16-7-10(18)11(19)12(20)13(21)14(22)15-6-5-8-1-3-9(17)4-2-8/h1-4,10-13,16-21H,5-7H2,(H,15,22). The number of phenolic OH excluding ortho intramolecular Hbond substituents is 1. The highest BCUT2D eigenvalue weighted by molar-refractivity contribution is 5.81. The zero-order valence-corrected chi connectivity index (χ0v) is 11.8. The van der Waals surface area contributed by atoms with Crippen molar-refractivity contribution in [2.75, 3.05) is 13.2 Å². The van der Waals surface area contributed by atoms with Crippen LogP contribution < -0.4 is 5.32 Å². The molecule has 1 rings (SSSR count). The maximum absolute atomic E-state index is 11.6. The van der Waals surface area contributed by atoms with Crippen LogP contribution in [0.1, 0.15) is 5.56 Å². The number of hydrogen-bond donors (Lipinski definition) is 7. The van der Waals surface area contributed by atoms with Gasteiger partial charge in [-0.05, 0) is 24.1 Å². The second kappa shape index (κ2) is 8.66. The molecule has 0 saturated heterocycles. The molecule has 0 aromatic heterocycles. The van der Waals surface area contributed by atoms with E-state index in [2.05, 4.69) is 5.32 Å². The Labute approximate surface area is 127 Å². The summed E-state index contributed by atoms with van der Waals surface area (Å²) in [6.07, 6.45) is -6.92. The normalized spacial score (nSPS) is 16.6. The minimum absolute atomic E-state index is 0.128. The van der Waals surface area contributed by atoms with E-state index in [4.69, 9.17) is 15.3 Å². The van der Waals surface area contributed by atoms with Crippen LogP contribution >= 0.6 is 0 Å². The third kappa shape index (κ3) is 5.24. The number of hydrogen-bond acceptors (Lipinski definition) is 7. The minimum Gasteiger partial charge on any atom is -0.508 e. The van der Waals surface area contributed by atoms with Crippen LogP contribution in [-0.2, 0) is 11.2 Å². The first-order valence-corrected chi connectivity index (χ1v) is 6.75. The number of aliphatic hydroxyl groups is 5. The van der Waals surface area contributed by atoms with E-state index in [1.165, 1.54) is 12.1 Å². The van der Waals surface area contributed by atoms with Crippen molar-refractivity contribution < 1.29 is 35.4 Å². The van der Waals surface area contributed by atoms with Gasteiger partial charge in [0.2, 0.25) is 0 Å². The summed E-state index contributed by atoms with van der Waals surface area (Å²) in [5.74, 6) is -0.779. The monoisotopic (exact) mass is 315 g/mol. The fourth-order valence-corrected chi connectivity index (χ4v) is 1.77. The van der Waals surface area contributed by atoms with Crippen LogP contribution in [0.25, 0.3) is 0 Å². The topological polar surface area (TPSA) is 150 Å². The maximum atomic E-state index is 11.6. The Balaban J connectivity index is 2.42. The number of benzene rings is 1. The van der Waals surface area contributed by atoms with Gasteiger partial charge in [-0.3, -0.25) is 4.79 Å². The van der Waals surface area contributed by atoms with Gasteiger partial charge in [0.05, 0.1) is 6.61 Å². The van der Waals surface area contributed by atoms with Gasteiger partial charge in [-0.15, -0.1) is 0 Å². The number of carbonyl (C=O) groups excluding carboxylic acids is 1. The molecule has 0 spiro atoms. The molecule has 0 aliphatic carbocycles. The number of aliphatic hydroxyl groups excluding tert-OH is 5. The van der Waals surface area contributed by atoms with Gasteiger partial charge < -0.3 is 36.0 Å². The summed E-state index contributed by atoms with van der Waals surface area (Å²) in [6.45, 7) is -0.639. The number of phenols is 1. The van der Waals surface area contributed by atoms with E-state index < -0.39 is 36.9 Å². The molecule has 1 aromatic rings. The van der Waals surface area contributed by atoms with Crippen LogP contribution in [0.5, 0.6) is 5.75 Å². The van der Waals surface area contributed by atoms with Crippen LogP contribution in [0.4, 0.5) is 0 Å². The van der Waals surface area contributed by atoms with Crippen molar-refractivity contribution in [3.05, 3.63) is 29.8 Å². The lowest BCUT2D eigenvalue weighted by molar-refractivity contribution is -0.148. The Kier molecular flexibility index (Phi) is 7.22. The average molecular weight is 315 g/mol. The highest BCUT2D eigenvalue weighted by Crippen LogP contribution is 2.10. The molecule has 0 saturated carbocycles. The van der Waals surface area contributed by atoms with E-state index in [-0.39, 0.29) is 12.3 Å². The van der Waals surface area contributed by atoms with E-state index in [0.29, 0.717) is 6.42 Å². The Bertz CT molecular complexity index is 465. The van der Waals surface area contributed by atoms with Crippen LogP contribution in [0.2, 0.25) is 0 Å². The van der Waals surface area contributed by atoms with Crippen LogP contribution in [0, 0.1) is 0 Å². The molecule has 0 fully saturated rings. The smallest absolute Gasteiger partial charge is 0.251 e. The maximum Gasteiger partial charge on any atom is 0.251 e. The third-order valence-electron chi connectivity index (χ3n) is 3.17. The molecule has 4 atom stereocenters. The molecule has 0 bridgehead atoms. The van der Waals surface area contributed by atoms with Crippen molar-refractivity contribution in [1.29, 1.82) is 0 Å². The number of rotatable bonds is 8. The molecule has 124 valence electrons. The van der Waals surface area contributed by atoms with Gasteiger partial charge in [-0.2, -0.15) is 0 Å². The van der Waals surface area contributed by atoms with E-state index in [1.807, 2.05) is 0 Å². The Morgan fingerprint density at radius 2 is 1.64 bits per heavy atom.